The molecule has 0 aliphatic carbocycles. The predicted molar refractivity (Wildman–Crippen MR) is 68.8 cm³/mol. The summed E-state index contributed by atoms with van der Waals surface area (Å²) in [4.78, 5) is 8.94. The molecular weight excluding hydrogens is 214 g/mol. The Hall–Kier alpha value is -1.00. The van der Waals surface area contributed by atoms with Crippen molar-refractivity contribution in [2.75, 3.05) is 6.61 Å². The van der Waals surface area contributed by atoms with Gasteiger partial charge in [0, 0.05) is 24.9 Å². The lowest BCUT2D eigenvalue weighted by Gasteiger charge is -2.13. The second-order valence-corrected chi connectivity index (χ2v) is 4.49. The fourth-order valence-electron chi connectivity index (χ4n) is 1.56. The van der Waals surface area contributed by atoms with Gasteiger partial charge in [0.15, 0.2) is 5.82 Å². The fourth-order valence-corrected chi connectivity index (χ4v) is 1.56. The van der Waals surface area contributed by atoms with Gasteiger partial charge in [0.2, 0.25) is 0 Å². The van der Waals surface area contributed by atoms with Gasteiger partial charge < -0.3 is 10.1 Å². The number of aromatic nitrogens is 2. The van der Waals surface area contributed by atoms with Gasteiger partial charge in [-0.3, -0.25) is 0 Å². The highest BCUT2D eigenvalue weighted by atomic mass is 16.5. The van der Waals surface area contributed by atoms with Crippen LogP contribution in [-0.2, 0) is 11.3 Å². The van der Waals surface area contributed by atoms with Crippen LogP contribution >= 0.6 is 0 Å². The summed E-state index contributed by atoms with van der Waals surface area (Å²) in [7, 11) is 0. The minimum absolute atomic E-state index is 0.0438. The first-order chi connectivity index (χ1) is 8.02. The van der Waals surface area contributed by atoms with Crippen molar-refractivity contribution in [3.63, 3.8) is 0 Å². The molecule has 4 nitrogen and oxygen atoms in total. The van der Waals surface area contributed by atoms with Crippen LogP contribution in [0.3, 0.4) is 0 Å². The molecule has 1 atom stereocenters. The molecule has 1 rings (SSSR count). The fraction of sp³-hybridized carbons (Fsp3) is 0.692. The molecule has 1 aromatic rings. The molecule has 1 heterocycles. The third-order valence-corrected chi connectivity index (χ3v) is 2.40. The molecule has 1 unspecified atom stereocenters. The van der Waals surface area contributed by atoms with Crippen molar-refractivity contribution >= 4 is 0 Å². The highest BCUT2D eigenvalue weighted by Crippen LogP contribution is 2.13. The number of nitrogens with one attached hydrogen (secondary N) is 1. The number of hydrogen-bond donors (Lipinski definition) is 1. The van der Waals surface area contributed by atoms with Crippen LogP contribution < -0.4 is 5.32 Å². The first kappa shape index (κ1) is 14.1. The standard InChI is InChI=1S/C13H23N3O/c1-6-17-11(5)13-15-10(4)7-12(16-13)8-14-9(2)3/h7,9,11,14H,6,8H2,1-5H3. The Balaban J connectivity index is 2.78. The van der Waals surface area contributed by atoms with Crippen LogP contribution in [0.25, 0.3) is 0 Å². The van der Waals surface area contributed by atoms with Crippen molar-refractivity contribution in [3.05, 3.63) is 23.3 Å². The highest BCUT2D eigenvalue weighted by Gasteiger charge is 2.10. The average molecular weight is 237 g/mol. The van der Waals surface area contributed by atoms with Crippen LogP contribution in [0, 0.1) is 6.92 Å². The lowest BCUT2D eigenvalue weighted by atomic mass is 10.2. The number of ether oxygens (including phenoxy) is 1. The Kier molecular flexibility index (Phi) is 5.51. The predicted octanol–water partition coefficient (Wildman–Crippen LogP) is 2.38. The average Bonchev–Trinajstić information content (AvgIpc) is 2.26. The summed E-state index contributed by atoms with van der Waals surface area (Å²) in [5.41, 5.74) is 2.01. The molecular formula is C13H23N3O. The van der Waals surface area contributed by atoms with E-state index >= 15 is 0 Å². The zero-order valence-corrected chi connectivity index (χ0v) is 11.4. The minimum atomic E-state index is -0.0438. The number of nitrogens with zero attached hydrogens (tertiary/aromatic N) is 2. The Morgan fingerprint density at radius 2 is 2.00 bits per heavy atom. The van der Waals surface area contributed by atoms with Gasteiger partial charge in [0.25, 0.3) is 0 Å². The van der Waals surface area contributed by atoms with Crippen molar-refractivity contribution < 1.29 is 4.74 Å². The molecule has 0 amide bonds. The van der Waals surface area contributed by atoms with Gasteiger partial charge in [-0.25, -0.2) is 9.97 Å². The molecule has 1 aromatic heterocycles. The molecule has 0 spiro atoms. The normalized spacial score (nSPS) is 13.1. The molecule has 96 valence electrons. The van der Waals surface area contributed by atoms with Crippen LogP contribution in [-0.4, -0.2) is 22.6 Å². The van der Waals surface area contributed by atoms with E-state index < -0.39 is 0 Å². The Morgan fingerprint density at radius 1 is 1.29 bits per heavy atom. The minimum Gasteiger partial charge on any atom is -0.371 e. The molecule has 0 aromatic carbocycles. The Labute approximate surface area is 104 Å². The monoisotopic (exact) mass is 237 g/mol. The van der Waals surface area contributed by atoms with Gasteiger partial charge in [0.05, 0.1) is 5.69 Å². The van der Waals surface area contributed by atoms with E-state index in [0.29, 0.717) is 12.6 Å². The molecule has 0 saturated heterocycles. The van der Waals surface area contributed by atoms with E-state index in [4.69, 9.17) is 4.74 Å². The zero-order chi connectivity index (χ0) is 12.8. The lowest BCUT2D eigenvalue weighted by molar-refractivity contribution is 0.0697. The first-order valence-corrected chi connectivity index (χ1v) is 6.22. The first-order valence-electron chi connectivity index (χ1n) is 6.22. The number of rotatable bonds is 6. The quantitative estimate of drug-likeness (QED) is 0.825. The second-order valence-electron chi connectivity index (χ2n) is 4.49. The summed E-state index contributed by atoms with van der Waals surface area (Å²) in [5.74, 6) is 0.771. The maximum atomic E-state index is 5.52. The Morgan fingerprint density at radius 3 is 2.59 bits per heavy atom. The number of hydrogen-bond acceptors (Lipinski definition) is 4. The molecule has 17 heavy (non-hydrogen) atoms. The third-order valence-electron chi connectivity index (χ3n) is 2.40. The largest absolute Gasteiger partial charge is 0.371 e. The van der Waals surface area contributed by atoms with Gasteiger partial charge in [0.1, 0.15) is 6.10 Å². The third kappa shape index (κ3) is 4.79. The van der Waals surface area contributed by atoms with Crippen molar-refractivity contribution in [2.45, 2.75) is 53.3 Å². The van der Waals surface area contributed by atoms with Crippen molar-refractivity contribution in [1.82, 2.24) is 15.3 Å². The molecule has 0 saturated carbocycles. The molecule has 4 heteroatoms. The van der Waals surface area contributed by atoms with E-state index in [1.165, 1.54) is 0 Å². The van der Waals surface area contributed by atoms with Gasteiger partial charge >= 0.3 is 0 Å². The van der Waals surface area contributed by atoms with Crippen LogP contribution in [0.4, 0.5) is 0 Å². The van der Waals surface area contributed by atoms with Crippen LogP contribution in [0.2, 0.25) is 0 Å². The lowest BCUT2D eigenvalue weighted by Crippen LogP contribution is -2.23. The molecule has 1 N–H and O–H groups in total. The van der Waals surface area contributed by atoms with E-state index in [1.54, 1.807) is 0 Å². The van der Waals surface area contributed by atoms with Crippen LogP contribution in [0.15, 0.2) is 6.07 Å². The zero-order valence-electron chi connectivity index (χ0n) is 11.4. The molecule has 0 fully saturated rings. The molecule has 0 bridgehead atoms. The molecule has 0 aliphatic rings. The number of aryl methyl sites for hydroxylation is 1. The second kappa shape index (κ2) is 6.67. The van der Waals surface area contributed by atoms with E-state index in [2.05, 4.69) is 29.1 Å². The molecule has 0 radical (unpaired) electrons. The summed E-state index contributed by atoms with van der Waals surface area (Å²) in [6.45, 7) is 11.6. The maximum absolute atomic E-state index is 5.52. The van der Waals surface area contributed by atoms with E-state index in [-0.39, 0.29) is 6.10 Å². The Bertz CT molecular complexity index is 353. The van der Waals surface area contributed by atoms with E-state index in [9.17, 15) is 0 Å². The van der Waals surface area contributed by atoms with Crippen molar-refractivity contribution in [1.29, 1.82) is 0 Å². The van der Waals surface area contributed by atoms with Gasteiger partial charge in [-0.1, -0.05) is 13.8 Å². The highest BCUT2D eigenvalue weighted by molar-refractivity contribution is 5.11. The summed E-state index contributed by atoms with van der Waals surface area (Å²) in [6, 6.07) is 2.47. The van der Waals surface area contributed by atoms with Gasteiger partial charge in [-0.2, -0.15) is 0 Å². The summed E-state index contributed by atoms with van der Waals surface area (Å²) in [6.07, 6.45) is -0.0438. The van der Waals surface area contributed by atoms with Crippen molar-refractivity contribution in [3.8, 4) is 0 Å². The van der Waals surface area contributed by atoms with Crippen LogP contribution in [0.1, 0.15) is 51.0 Å². The summed E-state index contributed by atoms with van der Waals surface area (Å²) >= 11 is 0. The van der Waals surface area contributed by atoms with Gasteiger partial charge in [-0.15, -0.1) is 0 Å². The van der Waals surface area contributed by atoms with Crippen molar-refractivity contribution in [2.24, 2.45) is 0 Å². The van der Waals surface area contributed by atoms with Crippen LogP contribution in [0.5, 0.6) is 0 Å². The smallest absolute Gasteiger partial charge is 0.157 e. The summed E-state index contributed by atoms with van der Waals surface area (Å²) < 4.78 is 5.52. The summed E-state index contributed by atoms with van der Waals surface area (Å²) in [5, 5.41) is 3.36. The van der Waals surface area contributed by atoms with Gasteiger partial charge in [-0.05, 0) is 26.8 Å². The molecule has 0 aliphatic heterocycles. The topological polar surface area (TPSA) is 47.0 Å². The SMILES string of the molecule is CCOC(C)c1nc(C)cc(CNC(C)C)n1. The van der Waals surface area contributed by atoms with E-state index in [1.807, 2.05) is 26.8 Å². The maximum Gasteiger partial charge on any atom is 0.157 e. The van der Waals surface area contributed by atoms with E-state index in [0.717, 1.165) is 23.8 Å².